The van der Waals surface area contributed by atoms with Crippen LogP contribution in [-0.2, 0) is 11.2 Å². The summed E-state index contributed by atoms with van der Waals surface area (Å²) in [5, 5.41) is 0. The molecule has 23 heavy (non-hydrogen) atoms. The highest BCUT2D eigenvalue weighted by Gasteiger charge is 2.44. The fourth-order valence-corrected chi connectivity index (χ4v) is 4.32. The Hall–Kier alpha value is -1.91. The predicted molar refractivity (Wildman–Crippen MR) is 90.8 cm³/mol. The number of nitrogen functional groups attached to an aromatic ring is 1. The standard InChI is InChI=1S/C18H25N3O2/c1-18(2,3)23-17(22)21-9-12-8-20-5-4-11-6-13(19)7-14(16(11)20)15(12)10-21/h6-7,12,15H,4-5,8-10,19H2,1-3H3. The zero-order valence-corrected chi connectivity index (χ0v) is 14.1. The van der Waals surface area contributed by atoms with Crippen molar-refractivity contribution in [1.82, 2.24) is 4.90 Å². The lowest BCUT2D eigenvalue weighted by Crippen LogP contribution is -2.37. The average molecular weight is 315 g/mol. The van der Waals surface area contributed by atoms with E-state index in [1.54, 1.807) is 0 Å². The van der Waals surface area contributed by atoms with Crippen molar-refractivity contribution in [3.63, 3.8) is 0 Å². The summed E-state index contributed by atoms with van der Waals surface area (Å²) in [4.78, 5) is 16.8. The molecule has 0 bridgehead atoms. The summed E-state index contributed by atoms with van der Waals surface area (Å²) in [5.41, 5.74) is 10.6. The van der Waals surface area contributed by atoms with Gasteiger partial charge in [-0.25, -0.2) is 4.79 Å². The third kappa shape index (κ3) is 2.42. The van der Waals surface area contributed by atoms with Gasteiger partial charge >= 0.3 is 6.09 Å². The summed E-state index contributed by atoms with van der Waals surface area (Å²) in [6.07, 6.45) is 0.893. The van der Waals surface area contributed by atoms with Crippen molar-refractivity contribution in [2.75, 3.05) is 36.8 Å². The van der Waals surface area contributed by atoms with E-state index in [0.717, 1.165) is 38.3 Å². The first kappa shape index (κ1) is 14.7. The van der Waals surface area contributed by atoms with Crippen LogP contribution >= 0.6 is 0 Å². The quantitative estimate of drug-likeness (QED) is 0.748. The Labute approximate surface area is 137 Å². The molecule has 1 saturated heterocycles. The molecular weight excluding hydrogens is 290 g/mol. The maximum atomic E-state index is 12.4. The molecule has 1 amide bonds. The van der Waals surface area contributed by atoms with Crippen LogP contribution in [0.3, 0.4) is 0 Å². The molecule has 0 aromatic heterocycles. The fraction of sp³-hybridized carbons (Fsp3) is 0.611. The Kier molecular flexibility index (Phi) is 3.06. The van der Waals surface area contributed by atoms with E-state index in [1.165, 1.54) is 16.8 Å². The maximum absolute atomic E-state index is 12.4. The fourth-order valence-electron chi connectivity index (χ4n) is 4.32. The van der Waals surface area contributed by atoms with E-state index in [9.17, 15) is 4.79 Å². The van der Waals surface area contributed by atoms with Gasteiger partial charge in [0.2, 0.25) is 0 Å². The van der Waals surface area contributed by atoms with E-state index >= 15 is 0 Å². The van der Waals surface area contributed by atoms with E-state index in [4.69, 9.17) is 10.5 Å². The molecule has 3 heterocycles. The van der Waals surface area contributed by atoms with E-state index in [0.29, 0.717) is 11.8 Å². The van der Waals surface area contributed by atoms with Crippen molar-refractivity contribution in [2.24, 2.45) is 5.92 Å². The zero-order chi connectivity index (χ0) is 16.4. The molecule has 4 rings (SSSR count). The van der Waals surface area contributed by atoms with Crippen molar-refractivity contribution < 1.29 is 9.53 Å². The van der Waals surface area contributed by atoms with E-state index in [2.05, 4.69) is 17.0 Å². The molecule has 2 atom stereocenters. The second-order valence-corrected chi connectivity index (χ2v) is 8.07. The first-order valence-corrected chi connectivity index (χ1v) is 8.47. The van der Waals surface area contributed by atoms with E-state index in [-0.39, 0.29) is 6.09 Å². The second-order valence-electron chi connectivity index (χ2n) is 8.07. The monoisotopic (exact) mass is 315 g/mol. The number of nitrogens with zero attached hydrogens (tertiary/aromatic N) is 2. The molecule has 124 valence electrons. The molecule has 0 radical (unpaired) electrons. The van der Waals surface area contributed by atoms with Crippen molar-refractivity contribution in [3.8, 4) is 0 Å². The topological polar surface area (TPSA) is 58.8 Å². The Morgan fingerprint density at radius 2 is 2.04 bits per heavy atom. The summed E-state index contributed by atoms with van der Waals surface area (Å²) < 4.78 is 5.55. The number of rotatable bonds is 0. The smallest absolute Gasteiger partial charge is 0.410 e. The van der Waals surface area contributed by atoms with Crippen molar-refractivity contribution in [3.05, 3.63) is 23.3 Å². The molecule has 3 aliphatic rings. The minimum atomic E-state index is -0.447. The molecule has 5 nitrogen and oxygen atoms in total. The number of anilines is 2. The molecule has 1 fully saturated rings. The van der Waals surface area contributed by atoms with Gasteiger partial charge in [-0.3, -0.25) is 0 Å². The van der Waals surface area contributed by atoms with Gasteiger partial charge in [0.25, 0.3) is 0 Å². The Morgan fingerprint density at radius 1 is 1.26 bits per heavy atom. The number of carbonyl (C=O) groups is 1. The number of hydrogen-bond acceptors (Lipinski definition) is 4. The van der Waals surface area contributed by atoms with Crippen LogP contribution in [0.2, 0.25) is 0 Å². The highest BCUT2D eigenvalue weighted by Crippen LogP contribution is 2.47. The number of carbonyl (C=O) groups excluding carboxylic acids is 1. The van der Waals surface area contributed by atoms with Crippen LogP contribution < -0.4 is 10.6 Å². The first-order valence-electron chi connectivity index (χ1n) is 8.47. The number of fused-ring (bicyclic) bond motifs is 2. The molecule has 2 unspecified atom stereocenters. The van der Waals surface area contributed by atoms with Crippen molar-refractivity contribution >= 4 is 17.5 Å². The van der Waals surface area contributed by atoms with Crippen LogP contribution in [0, 0.1) is 5.92 Å². The van der Waals surface area contributed by atoms with Gasteiger partial charge in [-0.15, -0.1) is 0 Å². The molecule has 3 aliphatic heterocycles. The van der Waals surface area contributed by atoms with E-state index < -0.39 is 5.60 Å². The number of ether oxygens (including phenoxy) is 1. The number of nitrogens with two attached hydrogens (primary N) is 1. The maximum Gasteiger partial charge on any atom is 0.410 e. The third-order valence-electron chi connectivity index (χ3n) is 5.16. The highest BCUT2D eigenvalue weighted by molar-refractivity contribution is 5.73. The average Bonchev–Trinajstić information content (AvgIpc) is 3.02. The predicted octanol–water partition coefficient (Wildman–Crippen LogP) is 2.60. The van der Waals surface area contributed by atoms with Crippen LogP contribution in [0.25, 0.3) is 0 Å². The molecule has 5 heteroatoms. The van der Waals surface area contributed by atoms with Crippen LogP contribution in [0.1, 0.15) is 37.8 Å². The van der Waals surface area contributed by atoms with E-state index in [1.807, 2.05) is 25.7 Å². The molecule has 1 aromatic rings. The van der Waals surface area contributed by atoms with Crippen molar-refractivity contribution in [1.29, 1.82) is 0 Å². The summed E-state index contributed by atoms with van der Waals surface area (Å²) in [5.74, 6) is 0.858. The summed E-state index contributed by atoms with van der Waals surface area (Å²) >= 11 is 0. The molecular formula is C18H25N3O2. The molecule has 1 aromatic carbocycles. The largest absolute Gasteiger partial charge is 0.444 e. The normalized spacial score (nSPS) is 25.3. The first-order chi connectivity index (χ1) is 10.8. The SMILES string of the molecule is CC(C)(C)OC(=O)N1CC2CN3CCc4cc(N)cc(c43)C2C1. The van der Waals surface area contributed by atoms with Crippen molar-refractivity contribution in [2.45, 2.75) is 38.7 Å². The van der Waals surface area contributed by atoms with Gasteiger partial charge < -0.3 is 20.3 Å². The van der Waals surface area contributed by atoms with Crippen LogP contribution in [-0.4, -0.2) is 42.8 Å². The lowest BCUT2D eigenvalue weighted by molar-refractivity contribution is 0.0287. The van der Waals surface area contributed by atoms with Gasteiger partial charge in [0.05, 0.1) is 0 Å². The van der Waals surface area contributed by atoms with Gasteiger partial charge in [-0.2, -0.15) is 0 Å². The Bertz CT molecular complexity index is 665. The number of likely N-dealkylation sites (tertiary alicyclic amines) is 1. The number of amides is 1. The van der Waals surface area contributed by atoms with Gasteiger partial charge in [-0.05, 0) is 50.5 Å². The second kappa shape index (κ2) is 4.79. The molecule has 2 N–H and O–H groups in total. The van der Waals surface area contributed by atoms with Crippen LogP contribution in [0.4, 0.5) is 16.2 Å². The van der Waals surface area contributed by atoms with Gasteiger partial charge in [0, 0.05) is 49.4 Å². The van der Waals surface area contributed by atoms with Gasteiger partial charge in [0.15, 0.2) is 0 Å². The zero-order valence-electron chi connectivity index (χ0n) is 14.1. The highest BCUT2D eigenvalue weighted by atomic mass is 16.6. The number of hydrogen-bond donors (Lipinski definition) is 1. The molecule has 0 spiro atoms. The lowest BCUT2D eigenvalue weighted by atomic mass is 9.83. The lowest BCUT2D eigenvalue weighted by Gasteiger charge is -2.35. The summed E-state index contributed by atoms with van der Waals surface area (Å²) in [7, 11) is 0. The molecule has 0 saturated carbocycles. The minimum Gasteiger partial charge on any atom is -0.444 e. The Balaban J connectivity index is 1.62. The van der Waals surface area contributed by atoms with Crippen LogP contribution in [0.15, 0.2) is 12.1 Å². The minimum absolute atomic E-state index is 0.193. The summed E-state index contributed by atoms with van der Waals surface area (Å²) in [6.45, 7) is 9.36. The van der Waals surface area contributed by atoms with Gasteiger partial charge in [-0.1, -0.05) is 0 Å². The third-order valence-corrected chi connectivity index (χ3v) is 5.16. The van der Waals surface area contributed by atoms with Gasteiger partial charge in [0.1, 0.15) is 5.60 Å². The molecule has 0 aliphatic carbocycles. The van der Waals surface area contributed by atoms with Crippen LogP contribution in [0.5, 0.6) is 0 Å². The number of benzene rings is 1. The Morgan fingerprint density at radius 3 is 2.78 bits per heavy atom. The summed E-state index contributed by atoms with van der Waals surface area (Å²) in [6, 6.07) is 4.23.